The summed E-state index contributed by atoms with van der Waals surface area (Å²) in [5, 5.41) is 8.43. The number of sulfone groups is 1. The van der Waals surface area contributed by atoms with Gasteiger partial charge in [0.25, 0.3) is 0 Å². The van der Waals surface area contributed by atoms with E-state index in [0.29, 0.717) is 0 Å². The summed E-state index contributed by atoms with van der Waals surface area (Å²) in [6.07, 6.45) is 0.210. The lowest BCUT2D eigenvalue weighted by Gasteiger charge is -2.17. The summed E-state index contributed by atoms with van der Waals surface area (Å²) < 4.78 is 46.4. The highest BCUT2D eigenvalue weighted by atomic mass is 32.2. The van der Waals surface area contributed by atoms with Gasteiger partial charge in [0.2, 0.25) is 10.0 Å². The van der Waals surface area contributed by atoms with Crippen LogP contribution in [-0.2, 0) is 24.7 Å². The number of sulfonamides is 1. The zero-order chi connectivity index (χ0) is 12.4. The summed E-state index contributed by atoms with van der Waals surface area (Å²) in [7, 11) is -7.08. The molecule has 0 aromatic rings. The molecule has 0 radical (unpaired) electrons. The Morgan fingerprint density at radius 1 is 1.25 bits per heavy atom. The van der Waals surface area contributed by atoms with Gasteiger partial charge in [-0.3, -0.25) is 4.79 Å². The minimum absolute atomic E-state index is 0.0495. The van der Waals surface area contributed by atoms with Crippen LogP contribution < -0.4 is 0 Å². The molecule has 9 heteroatoms. The summed E-state index contributed by atoms with van der Waals surface area (Å²) in [6, 6.07) is 0. The smallest absolute Gasteiger partial charge is 0.320 e. The van der Waals surface area contributed by atoms with Crippen molar-refractivity contribution >= 4 is 25.8 Å². The average molecular weight is 271 g/mol. The number of aliphatic carboxylic acids is 1. The maximum absolute atomic E-state index is 11.5. The molecule has 1 N–H and O–H groups in total. The Morgan fingerprint density at radius 3 is 2.44 bits per heavy atom. The molecule has 1 saturated heterocycles. The van der Waals surface area contributed by atoms with Crippen molar-refractivity contribution in [1.29, 1.82) is 0 Å². The Morgan fingerprint density at radius 2 is 1.88 bits per heavy atom. The van der Waals surface area contributed by atoms with Crippen molar-refractivity contribution in [2.45, 2.75) is 6.42 Å². The maximum Gasteiger partial charge on any atom is 0.320 e. The van der Waals surface area contributed by atoms with Gasteiger partial charge in [-0.1, -0.05) is 0 Å². The van der Waals surface area contributed by atoms with E-state index in [-0.39, 0.29) is 31.0 Å². The van der Waals surface area contributed by atoms with Crippen molar-refractivity contribution in [2.75, 3.05) is 30.3 Å². The Kier molecular flexibility index (Phi) is 3.92. The first-order chi connectivity index (χ1) is 7.23. The van der Waals surface area contributed by atoms with Crippen LogP contribution in [-0.4, -0.2) is 62.6 Å². The van der Waals surface area contributed by atoms with E-state index in [9.17, 15) is 21.6 Å². The number of carbonyl (C=O) groups is 1. The number of carboxylic acids is 1. The van der Waals surface area contributed by atoms with Crippen molar-refractivity contribution in [3.8, 4) is 0 Å². The number of hydrogen-bond donors (Lipinski definition) is 1. The van der Waals surface area contributed by atoms with Gasteiger partial charge < -0.3 is 5.11 Å². The predicted molar refractivity (Wildman–Crippen MR) is 56.3 cm³/mol. The number of hydrogen-bond acceptors (Lipinski definition) is 5. The van der Waals surface area contributed by atoms with Crippen LogP contribution in [0.15, 0.2) is 0 Å². The van der Waals surface area contributed by atoms with Crippen LogP contribution in [0.2, 0.25) is 0 Å². The first-order valence-corrected chi connectivity index (χ1v) is 8.06. The van der Waals surface area contributed by atoms with Crippen LogP contribution in [0, 0.1) is 0 Å². The number of carboxylic acid groups (broad SMARTS) is 1. The Hall–Kier alpha value is -0.670. The van der Waals surface area contributed by atoms with Crippen LogP contribution in [0.4, 0.5) is 0 Å². The van der Waals surface area contributed by atoms with Gasteiger partial charge in [0, 0.05) is 13.1 Å². The van der Waals surface area contributed by atoms with Gasteiger partial charge >= 0.3 is 5.97 Å². The summed E-state index contributed by atoms with van der Waals surface area (Å²) >= 11 is 0. The first kappa shape index (κ1) is 13.4. The summed E-state index contributed by atoms with van der Waals surface area (Å²) in [5.74, 6) is -2.72. The van der Waals surface area contributed by atoms with Crippen LogP contribution in [0.25, 0.3) is 0 Å². The average Bonchev–Trinajstić information content (AvgIpc) is 2.24. The Labute approximate surface area is 94.0 Å². The topological polar surface area (TPSA) is 109 Å². The minimum atomic E-state index is -3.89. The molecule has 1 rings (SSSR count). The molecule has 0 aliphatic carbocycles. The minimum Gasteiger partial charge on any atom is -0.480 e. The lowest BCUT2D eigenvalue weighted by Crippen LogP contribution is -2.37. The van der Waals surface area contributed by atoms with E-state index in [1.54, 1.807) is 0 Å². The van der Waals surface area contributed by atoms with Crippen molar-refractivity contribution in [3.63, 3.8) is 0 Å². The third-order valence-corrected chi connectivity index (χ3v) is 5.69. The fourth-order valence-corrected chi connectivity index (χ4v) is 4.10. The van der Waals surface area contributed by atoms with Crippen molar-refractivity contribution in [1.82, 2.24) is 4.31 Å². The number of nitrogens with zero attached hydrogens (tertiary/aromatic N) is 1. The van der Waals surface area contributed by atoms with Gasteiger partial charge in [0.1, 0.15) is 0 Å². The SMILES string of the molecule is O=C(O)CS(=O)(=O)N1CCCS(=O)(=O)CC1. The molecule has 0 saturated carbocycles. The molecule has 16 heavy (non-hydrogen) atoms. The summed E-state index contributed by atoms with van der Waals surface area (Å²) in [6.45, 7) is -0.0905. The Bertz CT molecular complexity index is 465. The van der Waals surface area contributed by atoms with Crippen molar-refractivity contribution in [2.24, 2.45) is 0 Å². The van der Waals surface area contributed by atoms with Crippen LogP contribution >= 0.6 is 0 Å². The second-order valence-corrected chi connectivity index (χ2v) is 7.83. The van der Waals surface area contributed by atoms with Crippen LogP contribution in [0.3, 0.4) is 0 Å². The van der Waals surface area contributed by atoms with E-state index < -0.39 is 31.6 Å². The quantitative estimate of drug-likeness (QED) is 0.670. The van der Waals surface area contributed by atoms with Crippen molar-refractivity contribution in [3.05, 3.63) is 0 Å². The molecule has 1 fully saturated rings. The largest absolute Gasteiger partial charge is 0.480 e. The van der Waals surface area contributed by atoms with E-state index in [2.05, 4.69) is 0 Å². The van der Waals surface area contributed by atoms with Crippen LogP contribution in [0.5, 0.6) is 0 Å². The molecule has 1 aliphatic rings. The molecule has 1 aliphatic heterocycles. The lowest BCUT2D eigenvalue weighted by atomic mass is 10.5. The highest BCUT2D eigenvalue weighted by Crippen LogP contribution is 2.09. The highest BCUT2D eigenvalue weighted by Gasteiger charge is 2.29. The van der Waals surface area contributed by atoms with Gasteiger partial charge in [-0.2, -0.15) is 0 Å². The third-order valence-electron chi connectivity index (χ3n) is 2.21. The molecule has 94 valence electrons. The maximum atomic E-state index is 11.5. The van der Waals surface area contributed by atoms with Crippen LogP contribution in [0.1, 0.15) is 6.42 Å². The zero-order valence-electron chi connectivity index (χ0n) is 8.49. The third kappa shape index (κ3) is 3.72. The molecule has 0 aromatic carbocycles. The summed E-state index contributed by atoms with van der Waals surface area (Å²) in [5.41, 5.74) is 0. The van der Waals surface area contributed by atoms with E-state index in [0.717, 1.165) is 4.31 Å². The monoisotopic (exact) mass is 271 g/mol. The molecule has 0 bridgehead atoms. The molecule has 0 atom stereocenters. The van der Waals surface area contributed by atoms with Gasteiger partial charge in [0.05, 0.1) is 11.5 Å². The molecule has 1 heterocycles. The number of rotatable bonds is 3. The molecular formula is C7H13NO6S2. The van der Waals surface area contributed by atoms with E-state index >= 15 is 0 Å². The normalized spacial score (nSPS) is 22.5. The second-order valence-electron chi connectivity index (χ2n) is 3.55. The first-order valence-electron chi connectivity index (χ1n) is 4.63. The molecular weight excluding hydrogens is 258 g/mol. The highest BCUT2D eigenvalue weighted by molar-refractivity contribution is 7.91. The van der Waals surface area contributed by atoms with Gasteiger partial charge in [-0.15, -0.1) is 0 Å². The van der Waals surface area contributed by atoms with Gasteiger partial charge in [-0.25, -0.2) is 21.1 Å². The summed E-state index contributed by atoms with van der Waals surface area (Å²) in [4.78, 5) is 10.3. The van der Waals surface area contributed by atoms with E-state index in [1.807, 2.05) is 0 Å². The van der Waals surface area contributed by atoms with E-state index in [1.165, 1.54) is 0 Å². The molecule has 0 aromatic heterocycles. The van der Waals surface area contributed by atoms with Crippen molar-refractivity contribution < 1.29 is 26.7 Å². The van der Waals surface area contributed by atoms with Gasteiger partial charge in [0.15, 0.2) is 15.6 Å². The fourth-order valence-electron chi connectivity index (χ4n) is 1.44. The van der Waals surface area contributed by atoms with E-state index in [4.69, 9.17) is 5.11 Å². The van der Waals surface area contributed by atoms with Gasteiger partial charge in [-0.05, 0) is 6.42 Å². The Balaban J connectivity index is 2.79. The molecule has 0 spiro atoms. The standard InChI is InChI=1S/C7H13NO6S2/c9-7(10)6-16(13,14)8-2-1-4-15(11,12)5-3-8/h1-6H2,(H,9,10). The molecule has 0 amide bonds. The lowest BCUT2D eigenvalue weighted by molar-refractivity contribution is -0.134. The zero-order valence-corrected chi connectivity index (χ0v) is 10.1. The second kappa shape index (κ2) is 4.68. The predicted octanol–water partition coefficient (Wildman–Crippen LogP) is -1.48. The molecule has 7 nitrogen and oxygen atoms in total. The molecule has 0 unspecified atom stereocenters. The fraction of sp³-hybridized carbons (Fsp3) is 0.857.